The number of nitrogens with one attached hydrogen (secondary N) is 1. The Kier molecular flexibility index (Phi) is 5.35. The van der Waals surface area contributed by atoms with Crippen LogP contribution < -0.4 is 5.32 Å². The Hall–Kier alpha value is -2.63. The highest BCUT2D eigenvalue weighted by atomic mass is 35.5. The minimum atomic E-state index is -0.332. The Morgan fingerprint density at radius 3 is 2.48 bits per heavy atom. The predicted octanol–water partition coefficient (Wildman–Crippen LogP) is 4.83. The van der Waals surface area contributed by atoms with Crippen molar-refractivity contribution in [2.45, 2.75) is 13.8 Å². The number of amides is 1. The van der Waals surface area contributed by atoms with Gasteiger partial charge in [-0.2, -0.15) is 5.10 Å². The van der Waals surface area contributed by atoms with Crippen LogP contribution in [0.5, 0.6) is 0 Å². The van der Waals surface area contributed by atoms with Crippen LogP contribution in [0.3, 0.4) is 0 Å². The van der Waals surface area contributed by atoms with E-state index in [1.807, 2.05) is 13.0 Å². The average Bonchev–Trinajstić information content (AvgIpc) is 2.87. The fraction of sp³-hybridized carbons (Fsp3) is 0.150. The van der Waals surface area contributed by atoms with Gasteiger partial charge in [0.2, 0.25) is 0 Å². The van der Waals surface area contributed by atoms with E-state index in [0.717, 1.165) is 5.56 Å². The number of halogens is 2. The highest BCUT2D eigenvalue weighted by molar-refractivity contribution is 6.37. The molecule has 1 heterocycles. The lowest BCUT2D eigenvalue weighted by Crippen LogP contribution is -2.17. The zero-order chi connectivity index (χ0) is 19.7. The number of hydrogen-bond acceptors (Lipinski definition) is 3. The van der Waals surface area contributed by atoms with Crippen molar-refractivity contribution < 1.29 is 9.59 Å². The summed E-state index contributed by atoms with van der Waals surface area (Å²) < 4.78 is 1.47. The monoisotopic (exact) mass is 401 g/mol. The molecular formula is C20H17Cl2N3O2. The molecule has 3 aromatic rings. The molecule has 0 bridgehead atoms. The number of hydrogen-bond donors (Lipinski definition) is 1. The summed E-state index contributed by atoms with van der Waals surface area (Å²) in [6.07, 6.45) is 0. The minimum Gasteiger partial charge on any atom is -0.306 e. The molecule has 1 amide bonds. The second kappa shape index (κ2) is 7.55. The number of nitrogens with zero attached hydrogens (tertiary/aromatic N) is 2. The van der Waals surface area contributed by atoms with E-state index in [0.29, 0.717) is 33.2 Å². The highest BCUT2D eigenvalue weighted by Gasteiger charge is 2.25. The Bertz CT molecular complexity index is 1060. The molecule has 5 nitrogen and oxygen atoms in total. The molecule has 2 aromatic carbocycles. The molecule has 0 atom stereocenters. The molecule has 0 aliphatic heterocycles. The third-order valence-corrected chi connectivity index (χ3v) is 4.69. The van der Waals surface area contributed by atoms with Gasteiger partial charge in [0.1, 0.15) is 5.82 Å². The number of carbonyl (C=O) groups excluding carboxylic acids is 2. The van der Waals surface area contributed by atoms with Gasteiger partial charge in [0.15, 0.2) is 5.78 Å². The van der Waals surface area contributed by atoms with Gasteiger partial charge in [0.25, 0.3) is 5.91 Å². The maximum Gasteiger partial charge on any atom is 0.256 e. The van der Waals surface area contributed by atoms with Crippen LogP contribution in [0.2, 0.25) is 10.0 Å². The molecule has 138 valence electrons. The molecule has 1 aromatic heterocycles. The first-order chi connectivity index (χ1) is 12.8. The van der Waals surface area contributed by atoms with E-state index in [2.05, 4.69) is 10.4 Å². The van der Waals surface area contributed by atoms with Crippen LogP contribution in [0.15, 0.2) is 42.5 Å². The molecule has 0 spiro atoms. The lowest BCUT2D eigenvalue weighted by atomic mass is 10.0. The van der Waals surface area contributed by atoms with Crippen LogP contribution in [0.4, 0.5) is 5.82 Å². The van der Waals surface area contributed by atoms with Crippen LogP contribution in [0.25, 0.3) is 0 Å². The Balaban J connectivity index is 2.00. The first-order valence-corrected chi connectivity index (χ1v) is 8.95. The van der Waals surface area contributed by atoms with Crippen LogP contribution in [-0.4, -0.2) is 21.5 Å². The molecule has 0 saturated heterocycles. The van der Waals surface area contributed by atoms with Gasteiger partial charge in [0, 0.05) is 23.2 Å². The van der Waals surface area contributed by atoms with E-state index in [9.17, 15) is 9.59 Å². The largest absolute Gasteiger partial charge is 0.306 e. The normalized spacial score (nSPS) is 10.7. The minimum absolute atomic E-state index is 0.242. The van der Waals surface area contributed by atoms with Gasteiger partial charge >= 0.3 is 0 Å². The molecule has 0 fully saturated rings. The van der Waals surface area contributed by atoms with Gasteiger partial charge in [-0.15, -0.1) is 0 Å². The van der Waals surface area contributed by atoms with Crippen LogP contribution in [0, 0.1) is 13.8 Å². The van der Waals surface area contributed by atoms with E-state index < -0.39 is 0 Å². The summed E-state index contributed by atoms with van der Waals surface area (Å²) in [7, 11) is 1.67. The molecule has 0 radical (unpaired) electrons. The van der Waals surface area contributed by atoms with E-state index in [1.165, 1.54) is 10.7 Å². The molecule has 1 N–H and O–H groups in total. The van der Waals surface area contributed by atoms with Crippen molar-refractivity contribution in [3.8, 4) is 0 Å². The zero-order valence-electron chi connectivity index (χ0n) is 15.0. The summed E-state index contributed by atoms with van der Waals surface area (Å²) in [5.41, 5.74) is 2.55. The summed E-state index contributed by atoms with van der Waals surface area (Å²) in [5, 5.41) is 7.76. The van der Waals surface area contributed by atoms with E-state index >= 15 is 0 Å². The number of aryl methyl sites for hydroxylation is 3. The molecule has 3 rings (SSSR count). The lowest BCUT2D eigenvalue weighted by molar-refractivity contribution is 0.102. The van der Waals surface area contributed by atoms with Crippen molar-refractivity contribution in [2.75, 3.05) is 5.32 Å². The third-order valence-electron chi connectivity index (χ3n) is 4.14. The Morgan fingerprint density at radius 1 is 1.07 bits per heavy atom. The van der Waals surface area contributed by atoms with Crippen molar-refractivity contribution >= 4 is 40.7 Å². The SMILES string of the molecule is Cc1cccc(C(=O)Nc2c(C(=O)c3ccc(Cl)cc3Cl)c(C)nn2C)c1. The number of carbonyl (C=O) groups is 2. The van der Waals surface area contributed by atoms with Gasteiger partial charge < -0.3 is 5.32 Å². The van der Waals surface area contributed by atoms with Crippen LogP contribution in [-0.2, 0) is 7.05 Å². The lowest BCUT2D eigenvalue weighted by Gasteiger charge is -2.10. The van der Waals surface area contributed by atoms with Crippen molar-refractivity contribution in [1.29, 1.82) is 0 Å². The first-order valence-electron chi connectivity index (χ1n) is 8.19. The number of aromatic nitrogens is 2. The number of ketones is 1. The maximum absolute atomic E-state index is 13.1. The van der Waals surface area contributed by atoms with Gasteiger partial charge in [-0.05, 0) is 44.2 Å². The fourth-order valence-electron chi connectivity index (χ4n) is 2.85. The third kappa shape index (κ3) is 3.89. The van der Waals surface area contributed by atoms with Gasteiger partial charge in [0.05, 0.1) is 16.3 Å². The number of anilines is 1. The quantitative estimate of drug-likeness (QED) is 0.636. The molecule has 0 aliphatic carbocycles. The van der Waals surface area contributed by atoms with Crippen molar-refractivity contribution in [3.63, 3.8) is 0 Å². The Labute approximate surface area is 166 Å². The second-order valence-electron chi connectivity index (χ2n) is 6.21. The van der Waals surface area contributed by atoms with Crippen molar-refractivity contribution in [1.82, 2.24) is 9.78 Å². The molecule has 27 heavy (non-hydrogen) atoms. The van der Waals surface area contributed by atoms with Gasteiger partial charge in [-0.1, -0.05) is 40.9 Å². The summed E-state index contributed by atoms with van der Waals surface area (Å²) >= 11 is 12.1. The Morgan fingerprint density at radius 2 is 1.81 bits per heavy atom. The van der Waals surface area contributed by atoms with E-state index in [4.69, 9.17) is 23.2 Å². The second-order valence-corrected chi connectivity index (χ2v) is 7.05. The van der Waals surface area contributed by atoms with E-state index in [1.54, 1.807) is 44.3 Å². The van der Waals surface area contributed by atoms with Crippen LogP contribution >= 0.6 is 23.2 Å². The molecule has 7 heteroatoms. The average molecular weight is 402 g/mol. The van der Waals surface area contributed by atoms with Gasteiger partial charge in [-0.25, -0.2) is 0 Å². The number of rotatable bonds is 4. The van der Waals surface area contributed by atoms with Crippen molar-refractivity contribution in [2.24, 2.45) is 7.05 Å². The summed E-state index contributed by atoms with van der Waals surface area (Å²) in [4.78, 5) is 25.7. The highest BCUT2D eigenvalue weighted by Crippen LogP contribution is 2.28. The fourth-order valence-corrected chi connectivity index (χ4v) is 3.34. The molecular weight excluding hydrogens is 385 g/mol. The smallest absolute Gasteiger partial charge is 0.256 e. The summed E-state index contributed by atoms with van der Waals surface area (Å²) in [5.74, 6) is -0.338. The molecule has 0 saturated carbocycles. The first kappa shape index (κ1) is 19.1. The van der Waals surface area contributed by atoms with Gasteiger partial charge in [-0.3, -0.25) is 14.3 Å². The van der Waals surface area contributed by atoms with Crippen LogP contribution in [0.1, 0.15) is 37.5 Å². The standard InChI is InChI=1S/C20H17Cl2N3O2/c1-11-5-4-6-13(9-11)20(27)23-19-17(12(2)24-25(19)3)18(26)15-8-7-14(21)10-16(15)22/h4-10H,1-3H3,(H,23,27). The molecule has 0 aliphatic rings. The molecule has 0 unspecified atom stereocenters. The topological polar surface area (TPSA) is 64.0 Å². The predicted molar refractivity (Wildman–Crippen MR) is 107 cm³/mol. The zero-order valence-corrected chi connectivity index (χ0v) is 16.5. The number of benzene rings is 2. The summed E-state index contributed by atoms with van der Waals surface area (Å²) in [6, 6.07) is 11.9. The maximum atomic E-state index is 13.1. The van der Waals surface area contributed by atoms with Crippen molar-refractivity contribution in [3.05, 3.63) is 80.5 Å². The summed E-state index contributed by atoms with van der Waals surface area (Å²) in [6.45, 7) is 3.61. The van der Waals surface area contributed by atoms with E-state index in [-0.39, 0.29) is 16.7 Å².